The van der Waals surface area contributed by atoms with Crippen molar-refractivity contribution in [1.82, 2.24) is 0 Å². The lowest BCUT2D eigenvalue weighted by Crippen LogP contribution is -2.27. The summed E-state index contributed by atoms with van der Waals surface area (Å²) in [6.45, 7) is 6.57. The average Bonchev–Trinajstić information content (AvgIpc) is 4.06. The number of furan rings is 6. The first-order valence-corrected chi connectivity index (χ1v) is 19.6. The Hall–Kier alpha value is -8.27. The average molecular weight is 855 g/mol. The van der Waals surface area contributed by atoms with Crippen molar-refractivity contribution in [3.63, 3.8) is 0 Å². The summed E-state index contributed by atoms with van der Waals surface area (Å²) in [4.78, 5) is 34.2. The quantitative estimate of drug-likeness (QED) is 0.121. The van der Waals surface area contributed by atoms with Crippen LogP contribution in [0.3, 0.4) is 0 Å². The number of benzene rings is 4. The number of rotatable bonds is 3. The smallest absolute Gasteiger partial charge is 0.412 e. The van der Waals surface area contributed by atoms with E-state index in [2.05, 4.69) is 5.32 Å². The highest BCUT2D eigenvalue weighted by Crippen LogP contribution is 2.41. The minimum absolute atomic E-state index is 0.154. The van der Waals surface area contributed by atoms with Gasteiger partial charge >= 0.3 is 18.0 Å². The molecule has 2 aliphatic heterocycles. The number of ether oxygens (including phenoxy) is 3. The van der Waals surface area contributed by atoms with E-state index in [4.69, 9.17) is 56.7 Å². The number of fused-ring (bicyclic) bond motifs is 8. The van der Waals surface area contributed by atoms with E-state index in [9.17, 15) is 14.4 Å². The molecule has 16 heteroatoms. The molecule has 1 amide bonds. The highest BCUT2D eigenvalue weighted by molar-refractivity contribution is 6.13. The van der Waals surface area contributed by atoms with Crippen LogP contribution in [0.25, 0.3) is 65.8 Å². The summed E-state index contributed by atoms with van der Waals surface area (Å²) < 4.78 is 47.7. The van der Waals surface area contributed by atoms with Crippen molar-refractivity contribution >= 4 is 95.2 Å². The maximum Gasteiger partial charge on any atom is 0.412 e. The van der Waals surface area contributed by atoms with Gasteiger partial charge in [-0.15, -0.1) is 0 Å². The number of carbonyl (C=O) groups is 3. The predicted molar refractivity (Wildman–Crippen MR) is 231 cm³/mol. The largest absolute Gasteiger partial charge is 0.492 e. The normalized spacial score (nSPS) is 12.7. The molecular weight excluding hydrogens is 817 g/mol. The second-order valence-electron chi connectivity index (χ2n) is 15.5. The van der Waals surface area contributed by atoms with E-state index in [-0.39, 0.29) is 11.1 Å². The van der Waals surface area contributed by atoms with Gasteiger partial charge in [-0.1, -0.05) is 0 Å². The summed E-state index contributed by atoms with van der Waals surface area (Å²) in [7, 11) is 0. The zero-order valence-corrected chi connectivity index (χ0v) is 33.9. The van der Waals surface area contributed by atoms with Gasteiger partial charge in [0.15, 0.2) is 11.2 Å². The lowest BCUT2D eigenvalue weighted by molar-refractivity contribution is 0.0632. The minimum atomic E-state index is -1.01. The molecule has 0 aliphatic carbocycles. The monoisotopic (exact) mass is 854 g/mol. The number of nitrogens with two attached hydrogens (primary N) is 1. The molecule has 8 heterocycles. The van der Waals surface area contributed by atoms with Crippen molar-refractivity contribution in [2.75, 3.05) is 24.3 Å². The van der Waals surface area contributed by atoms with E-state index < -0.39 is 23.6 Å². The lowest BCUT2D eigenvalue weighted by atomic mass is 10.0. The number of carboxylic acid groups (broad SMARTS) is 2. The maximum atomic E-state index is 12.0. The first-order valence-electron chi connectivity index (χ1n) is 19.6. The molecule has 0 atom stereocenters. The van der Waals surface area contributed by atoms with Gasteiger partial charge in [-0.05, 0) is 92.6 Å². The summed E-state index contributed by atoms with van der Waals surface area (Å²) in [5.41, 5.74) is 12.6. The maximum absolute atomic E-state index is 12.0. The van der Waals surface area contributed by atoms with E-state index in [1.807, 2.05) is 57.2 Å². The second-order valence-corrected chi connectivity index (χ2v) is 15.5. The topological polar surface area (TPSA) is 236 Å². The third kappa shape index (κ3) is 7.69. The van der Waals surface area contributed by atoms with Crippen molar-refractivity contribution in [1.29, 1.82) is 0 Å². The fourth-order valence-electron chi connectivity index (χ4n) is 7.58. The number of carbonyl (C=O) groups excluding carboxylic acids is 1. The van der Waals surface area contributed by atoms with Crippen molar-refractivity contribution < 1.29 is 65.3 Å². The molecule has 0 unspecified atom stereocenters. The number of aromatic carboxylic acids is 2. The summed E-state index contributed by atoms with van der Waals surface area (Å²) in [6, 6.07) is 18.2. The van der Waals surface area contributed by atoms with Gasteiger partial charge in [0.1, 0.15) is 50.6 Å². The predicted octanol–water partition coefficient (Wildman–Crippen LogP) is 11.4. The van der Waals surface area contributed by atoms with Gasteiger partial charge in [-0.25, -0.2) is 14.4 Å². The second kappa shape index (κ2) is 16.0. The van der Waals surface area contributed by atoms with Crippen LogP contribution in [0.4, 0.5) is 16.2 Å². The molecule has 10 aromatic rings. The molecule has 0 radical (unpaired) electrons. The Morgan fingerprint density at radius 1 is 0.587 bits per heavy atom. The highest BCUT2D eigenvalue weighted by atomic mass is 16.6. The standard InChI is InChI=1S/C15H15NO4.C11H6O4.C11H10O4.C10H7NO2/c1-15(2,3)20-14(17)16-12-10-5-7-18-11(10)8-9-4-6-19-13(9)12;12-11(13)9-7-2-4-14-8(7)5-6-1-3-15-10(6)9;12-11(13)8-9-6(1-3-14-9)5-7-2-4-15-10(7)8;11-9-7-2-4-12-8(7)5-6-1-3-13-10(6)9/h4-8H,1-3H3,(H,16,17);1-5H,(H,12,13);5H,1-4H2,(H,12,13);1-5H,11H2. The molecule has 0 spiro atoms. The van der Waals surface area contributed by atoms with Gasteiger partial charge in [0.2, 0.25) is 0 Å². The van der Waals surface area contributed by atoms with Crippen LogP contribution < -0.4 is 20.5 Å². The zero-order valence-electron chi connectivity index (χ0n) is 33.9. The molecule has 0 fully saturated rings. The van der Waals surface area contributed by atoms with Crippen molar-refractivity contribution in [3.8, 4) is 11.5 Å². The molecule has 0 saturated heterocycles. The van der Waals surface area contributed by atoms with Gasteiger partial charge in [0.05, 0.1) is 62.2 Å². The Morgan fingerprint density at radius 3 is 1.62 bits per heavy atom. The highest BCUT2D eigenvalue weighted by Gasteiger charge is 2.30. The van der Waals surface area contributed by atoms with E-state index in [0.717, 1.165) is 62.1 Å². The summed E-state index contributed by atoms with van der Waals surface area (Å²) in [6.07, 6.45) is 10.4. The third-order valence-electron chi connectivity index (χ3n) is 10.2. The SMILES string of the molecule is CC(C)(C)OC(=O)Nc1c2ccoc2cc2ccoc12.Nc1c2ccoc2cc2ccoc12.O=C(O)c1c2c(cc3c1OCC3)CCO2.O=C(O)c1c2ccoc2cc2ccoc12. The van der Waals surface area contributed by atoms with Crippen LogP contribution in [0.2, 0.25) is 0 Å². The molecule has 320 valence electrons. The Labute approximate surface area is 355 Å². The van der Waals surface area contributed by atoms with Crippen molar-refractivity contribution in [2.24, 2.45) is 0 Å². The molecule has 5 N–H and O–H groups in total. The molecule has 12 rings (SSSR count). The molecule has 2 aliphatic rings. The fourth-order valence-corrected chi connectivity index (χ4v) is 7.58. The van der Waals surface area contributed by atoms with E-state index in [1.165, 1.54) is 12.5 Å². The number of hydrogen-bond donors (Lipinski definition) is 4. The summed E-state index contributed by atoms with van der Waals surface area (Å²) in [5.74, 6) is -0.972. The lowest BCUT2D eigenvalue weighted by Gasteiger charge is -2.19. The van der Waals surface area contributed by atoms with E-state index >= 15 is 0 Å². The van der Waals surface area contributed by atoms with Gasteiger partial charge < -0.3 is 56.7 Å². The van der Waals surface area contributed by atoms with Crippen LogP contribution in [-0.4, -0.2) is 47.1 Å². The molecule has 4 aromatic carbocycles. The minimum Gasteiger partial charge on any atom is -0.492 e. The number of carboxylic acids is 2. The molecule has 0 saturated carbocycles. The van der Waals surface area contributed by atoms with Crippen LogP contribution in [0.15, 0.2) is 125 Å². The van der Waals surface area contributed by atoms with Crippen LogP contribution in [0, 0.1) is 0 Å². The van der Waals surface area contributed by atoms with Gasteiger partial charge in [-0.2, -0.15) is 0 Å². The van der Waals surface area contributed by atoms with Gasteiger partial charge in [-0.3, -0.25) is 5.32 Å². The first kappa shape index (κ1) is 40.2. The Morgan fingerprint density at radius 2 is 1.05 bits per heavy atom. The molecule has 16 nitrogen and oxygen atoms in total. The third-order valence-corrected chi connectivity index (χ3v) is 10.2. The van der Waals surface area contributed by atoms with Crippen LogP contribution in [-0.2, 0) is 17.6 Å². The van der Waals surface area contributed by atoms with Crippen molar-refractivity contribution in [3.05, 3.63) is 120 Å². The van der Waals surface area contributed by atoms with Crippen molar-refractivity contribution in [2.45, 2.75) is 39.2 Å². The first-order chi connectivity index (χ1) is 30.3. The molecule has 6 aromatic heterocycles. The summed E-state index contributed by atoms with van der Waals surface area (Å²) in [5, 5.41) is 25.8. The van der Waals surface area contributed by atoms with Gasteiger partial charge in [0, 0.05) is 45.2 Å². The van der Waals surface area contributed by atoms with Crippen LogP contribution >= 0.6 is 0 Å². The number of nitrogen functional groups attached to an aromatic ring is 1. The fraction of sp³-hybridized carbons (Fsp3) is 0.170. The summed E-state index contributed by atoms with van der Waals surface area (Å²) >= 11 is 0. The van der Waals surface area contributed by atoms with E-state index in [1.54, 1.807) is 49.3 Å². The number of nitrogens with one attached hydrogen (secondary N) is 1. The molecular formula is C47H38N2O14. The molecule has 63 heavy (non-hydrogen) atoms. The zero-order chi connectivity index (χ0) is 44.0. The Kier molecular flexibility index (Phi) is 10.2. The Bertz CT molecular complexity index is 3170. The number of hydrogen-bond acceptors (Lipinski definition) is 13. The van der Waals surface area contributed by atoms with E-state index in [0.29, 0.717) is 63.8 Å². The Balaban J connectivity index is 0.000000108. The van der Waals surface area contributed by atoms with Crippen LogP contribution in [0.5, 0.6) is 11.5 Å². The van der Waals surface area contributed by atoms with Gasteiger partial charge in [0.25, 0.3) is 0 Å². The molecule has 0 bridgehead atoms. The number of amides is 1. The van der Waals surface area contributed by atoms with Crippen LogP contribution in [0.1, 0.15) is 52.6 Å². The number of anilines is 2.